The van der Waals surface area contributed by atoms with Crippen molar-refractivity contribution in [3.63, 3.8) is 0 Å². The highest BCUT2D eigenvalue weighted by Crippen LogP contribution is 2.42. The SMILES string of the molecule is CCCCC1CCC(CNCC)(Cc2ccco2)CC1. The molecule has 0 amide bonds. The first-order chi connectivity index (χ1) is 9.78. The third kappa shape index (κ3) is 4.37. The Hall–Kier alpha value is -0.760. The van der Waals surface area contributed by atoms with E-state index >= 15 is 0 Å². The van der Waals surface area contributed by atoms with E-state index in [1.165, 1.54) is 44.9 Å². The minimum absolute atomic E-state index is 0.427. The Morgan fingerprint density at radius 1 is 1.30 bits per heavy atom. The molecular weight excluding hydrogens is 246 g/mol. The summed E-state index contributed by atoms with van der Waals surface area (Å²) in [5, 5.41) is 3.59. The molecule has 1 saturated carbocycles. The largest absolute Gasteiger partial charge is 0.469 e. The summed E-state index contributed by atoms with van der Waals surface area (Å²) in [4.78, 5) is 0. The van der Waals surface area contributed by atoms with Gasteiger partial charge in [0.25, 0.3) is 0 Å². The maximum absolute atomic E-state index is 5.61. The van der Waals surface area contributed by atoms with Crippen molar-refractivity contribution in [1.82, 2.24) is 5.32 Å². The molecule has 1 aromatic heterocycles. The van der Waals surface area contributed by atoms with Gasteiger partial charge in [0.15, 0.2) is 0 Å². The van der Waals surface area contributed by atoms with Crippen LogP contribution in [0, 0.1) is 11.3 Å². The van der Waals surface area contributed by atoms with E-state index in [0.717, 1.165) is 31.2 Å². The van der Waals surface area contributed by atoms with E-state index < -0.39 is 0 Å². The molecule has 1 N–H and O–H groups in total. The van der Waals surface area contributed by atoms with Gasteiger partial charge in [-0.2, -0.15) is 0 Å². The van der Waals surface area contributed by atoms with E-state index in [1.54, 1.807) is 0 Å². The molecular formula is C18H31NO. The molecule has 1 aliphatic rings. The Labute approximate surface area is 124 Å². The van der Waals surface area contributed by atoms with Gasteiger partial charge >= 0.3 is 0 Å². The van der Waals surface area contributed by atoms with Crippen molar-refractivity contribution in [3.8, 4) is 0 Å². The molecule has 2 heteroatoms. The first kappa shape index (κ1) is 15.6. The Balaban J connectivity index is 1.91. The molecule has 0 radical (unpaired) electrons. The molecule has 0 aromatic carbocycles. The van der Waals surface area contributed by atoms with Gasteiger partial charge in [-0.25, -0.2) is 0 Å². The van der Waals surface area contributed by atoms with Crippen molar-refractivity contribution >= 4 is 0 Å². The fourth-order valence-corrected chi connectivity index (χ4v) is 3.66. The molecule has 0 aliphatic heterocycles. The summed E-state index contributed by atoms with van der Waals surface area (Å²) in [6.07, 6.45) is 12.6. The van der Waals surface area contributed by atoms with E-state index in [1.807, 2.05) is 12.3 Å². The second kappa shape index (κ2) is 7.87. The Morgan fingerprint density at radius 2 is 2.10 bits per heavy atom. The summed E-state index contributed by atoms with van der Waals surface area (Å²) in [7, 11) is 0. The first-order valence-corrected chi connectivity index (χ1v) is 8.51. The number of hydrogen-bond donors (Lipinski definition) is 1. The van der Waals surface area contributed by atoms with Crippen molar-refractivity contribution < 1.29 is 4.42 Å². The van der Waals surface area contributed by atoms with Crippen LogP contribution in [0.15, 0.2) is 22.8 Å². The quantitative estimate of drug-likeness (QED) is 0.738. The van der Waals surface area contributed by atoms with Crippen LogP contribution in [-0.4, -0.2) is 13.1 Å². The summed E-state index contributed by atoms with van der Waals surface area (Å²) in [6, 6.07) is 4.15. The van der Waals surface area contributed by atoms with E-state index in [0.29, 0.717) is 5.41 Å². The zero-order chi connectivity index (χ0) is 14.3. The minimum Gasteiger partial charge on any atom is -0.469 e. The van der Waals surface area contributed by atoms with Crippen LogP contribution in [0.4, 0.5) is 0 Å². The third-order valence-electron chi connectivity index (χ3n) is 5.01. The molecule has 2 nitrogen and oxygen atoms in total. The molecule has 1 fully saturated rings. The summed E-state index contributed by atoms with van der Waals surface area (Å²) < 4.78 is 5.61. The smallest absolute Gasteiger partial charge is 0.104 e. The molecule has 20 heavy (non-hydrogen) atoms. The van der Waals surface area contributed by atoms with Crippen LogP contribution >= 0.6 is 0 Å². The van der Waals surface area contributed by atoms with Gasteiger partial charge in [0, 0.05) is 13.0 Å². The van der Waals surface area contributed by atoms with Gasteiger partial charge in [-0.3, -0.25) is 0 Å². The number of hydrogen-bond acceptors (Lipinski definition) is 2. The van der Waals surface area contributed by atoms with E-state index in [-0.39, 0.29) is 0 Å². The van der Waals surface area contributed by atoms with Gasteiger partial charge in [0.05, 0.1) is 6.26 Å². The standard InChI is InChI=1S/C18H31NO/c1-3-5-7-16-9-11-18(12-10-16,15-19-4-2)14-17-8-6-13-20-17/h6,8,13,16,19H,3-5,7,9-12,14-15H2,1-2H3. The van der Waals surface area contributed by atoms with Crippen LogP contribution in [0.5, 0.6) is 0 Å². The fraction of sp³-hybridized carbons (Fsp3) is 0.778. The van der Waals surface area contributed by atoms with Crippen LogP contribution in [0.1, 0.15) is 64.6 Å². The molecule has 0 unspecified atom stereocenters. The summed E-state index contributed by atoms with van der Waals surface area (Å²) >= 11 is 0. The van der Waals surface area contributed by atoms with Gasteiger partial charge in [-0.15, -0.1) is 0 Å². The molecule has 0 saturated heterocycles. The minimum atomic E-state index is 0.427. The predicted octanol–water partition coefficient (Wildman–Crippen LogP) is 4.80. The highest BCUT2D eigenvalue weighted by Gasteiger charge is 2.35. The average Bonchev–Trinajstić information content (AvgIpc) is 2.97. The number of nitrogens with one attached hydrogen (secondary N) is 1. The second-order valence-corrected chi connectivity index (χ2v) is 6.62. The Bertz CT molecular complexity index is 350. The highest BCUT2D eigenvalue weighted by molar-refractivity contribution is 5.04. The van der Waals surface area contributed by atoms with E-state index in [4.69, 9.17) is 4.42 Å². The van der Waals surface area contributed by atoms with Crippen molar-refractivity contribution in [2.75, 3.05) is 13.1 Å². The Kier molecular flexibility index (Phi) is 6.15. The monoisotopic (exact) mass is 277 g/mol. The molecule has 1 aromatic rings. The van der Waals surface area contributed by atoms with E-state index in [2.05, 4.69) is 25.2 Å². The Morgan fingerprint density at radius 3 is 2.70 bits per heavy atom. The zero-order valence-corrected chi connectivity index (χ0v) is 13.3. The van der Waals surface area contributed by atoms with E-state index in [9.17, 15) is 0 Å². The second-order valence-electron chi connectivity index (χ2n) is 6.62. The maximum Gasteiger partial charge on any atom is 0.104 e. The summed E-state index contributed by atoms with van der Waals surface area (Å²) in [6.45, 7) is 6.71. The highest BCUT2D eigenvalue weighted by atomic mass is 16.3. The normalized spacial score (nSPS) is 26.8. The topological polar surface area (TPSA) is 25.2 Å². The number of rotatable bonds is 8. The molecule has 1 aliphatic carbocycles. The lowest BCUT2D eigenvalue weighted by Gasteiger charge is -2.40. The number of furan rings is 1. The lowest BCUT2D eigenvalue weighted by molar-refractivity contribution is 0.132. The third-order valence-corrected chi connectivity index (χ3v) is 5.01. The number of unbranched alkanes of at least 4 members (excludes halogenated alkanes) is 1. The first-order valence-electron chi connectivity index (χ1n) is 8.51. The fourth-order valence-electron chi connectivity index (χ4n) is 3.66. The van der Waals surface area contributed by atoms with Crippen LogP contribution in [-0.2, 0) is 6.42 Å². The summed E-state index contributed by atoms with van der Waals surface area (Å²) in [5.41, 5.74) is 0.427. The van der Waals surface area contributed by atoms with Gasteiger partial charge < -0.3 is 9.73 Å². The lowest BCUT2D eigenvalue weighted by atomic mass is 9.67. The summed E-state index contributed by atoms with van der Waals surface area (Å²) in [5.74, 6) is 2.14. The van der Waals surface area contributed by atoms with Crippen LogP contribution < -0.4 is 5.32 Å². The zero-order valence-electron chi connectivity index (χ0n) is 13.3. The van der Waals surface area contributed by atoms with Crippen LogP contribution in [0.3, 0.4) is 0 Å². The van der Waals surface area contributed by atoms with Crippen LogP contribution in [0.2, 0.25) is 0 Å². The molecule has 2 rings (SSSR count). The molecule has 0 atom stereocenters. The molecule has 0 bridgehead atoms. The average molecular weight is 277 g/mol. The molecule has 1 heterocycles. The van der Waals surface area contributed by atoms with Crippen molar-refractivity contribution in [1.29, 1.82) is 0 Å². The van der Waals surface area contributed by atoms with Gasteiger partial charge in [-0.1, -0.05) is 33.1 Å². The van der Waals surface area contributed by atoms with Crippen LogP contribution in [0.25, 0.3) is 0 Å². The molecule has 114 valence electrons. The van der Waals surface area contributed by atoms with Gasteiger partial charge in [0.2, 0.25) is 0 Å². The van der Waals surface area contributed by atoms with Gasteiger partial charge in [0.1, 0.15) is 5.76 Å². The van der Waals surface area contributed by atoms with Crippen molar-refractivity contribution in [2.45, 2.75) is 65.2 Å². The van der Waals surface area contributed by atoms with Gasteiger partial charge in [-0.05, 0) is 55.7 Å². The predicted molar refractivity (Wildman–Crippen MR) is 84.9 cm³/mol. The van der Waals surface area contributed by atoms with Crippen molar-refractivity contribution in [3.05, 3.63) is 24.2 Å². The maximum atomic E-state index is 5.61. The lowest BCUT2D eigenvalue weighted by Crippen LogP contribution is -2.39. The van der Waals surface area contributed by atoms with Crippen molar-refractivity contribution in [2.24, 2.45) is 11.3 Å². The molecule has 0 spiro atoms.